The molecule has 0 aliphatic carbocycles. The summed E-state index contributed by atoms with van der Waals surface area (Å²) < 4.78 is 37.7. The second-order valence-corrected chi connectivity index (χ2v) is 16.7. The number of aromatic nitrogens is 5. The summed E-state index contributed by atoms with van der Waals surface area (Å²) in [6, 6.07) is 15.3. The van der Waals surface area contributed by atoms with Gasteiger partial charge in [0, 0.05) is 62.2 Å². The van der Waals surface area contributed by atoms with E-state index in [9.17, 15) is 18.8 Å². The zero-order valence-corrected chi connectivity index (χ0v) is 37.6. The molecule has 2 amide bonds. The Morgan fingerprint density at radius 1 is 0.810 bits per heavy atom. The van der Waals surface area contributed by atoms with Crippen molar-refractivity contribution in [1.82, 2.24) is 40.2 Å². The number of benzene rings is 3. The molecule has 0 spiro atoms. The van der Waals surface area contributed by atoms with Gasteiger partial charge >= 0.3 is 0 Å². The number of carbonyl (C=O) groups excluding carboxylic acids is 3. The van der Waals surface area contributed by atoms with E-state index in [1.54, 1.807) is 13.0 Å². The van der Waals surface area contributed by atoms with Gasteiger partial charge in [-0.2, -0.15) is 15.0 Å². The Bertz CT molecular complexity index is 2410. The first kappa shape index (κ1) is 45.6. The summed E-state index contributed by atoms with van der Waals surface area (Å²) in [7, 11) is 0. The van der Waals surface area contributed by atoms with Crippen molar-refractivity contribution < 1.29 is 32.7 Å². The van der Waals surface area contributed by atoms with Crippen LogP contribution in [0.15, 0.2) is 54.6 Å². The van der Waals surface area contributed by atoms with E-state index in [-0.39, 0.29) is 47.3 Å². The number of halogens is 3. The number of morpholine rings is 1. The lowest BCUT2D eigenvalue weighted by molar-refractivity contribution is -0.131. The minimum atomic E-state index is -0.706. The molecule has 63 heavy (non-hydrogen) atoms. The molecule has 2 fully saturated rings. The quantitative estimate of drug-likeness (QED) is 0.0516. The van der Waals surface area contributed by atoms with E-state index < -0.39 is 17.5 Å². The van der Waals surface area contributed by atoms with Crippen molar-refractivity contribution in [2.24, 2.45) is 0 Å². The summed E-state index contributed by atoms with van der Waals surface area (Å²) in [4.78, 5) is 69.3. The van der Waals surface area contributed by atoms with E-state index in [1.807, 2.05) is 63.2 Å². The SMILES string of the molecule is Cc1ccc(C(=O)NOCCNCC(=O)CCCCCCC(=O)N2CCN(c3nc(N4CCOCC4)nc(-n4c(C)nc5ccccc54)n3)CC2)c(Nc2ccc(I)cc2F)c1F. The summed E-state index contributed by atoms with van der Waals surface area (Å²) >= 11 is 1.97. The number of ether oxygens (including phenoxy) is 1. The number of ketones is 1. The van der Waals surface area contributed by atoms with Gasteiger partial charge in [0.1, 0.15) is 23.2 Å². The van der Waals surface area contributed by atoms with Crippen LogP contribution in [0.1, 0.15) is 60.3 Å². The normalized spacial score (nSPS) is 14.3. The van der Waals surface area contributed by atoms with Crippen LogP contribution in [0.5, 0.6) is 0 Å². The summed E-state index contributed by atoms with van der Waals surface area (Å²) in [5, 5.41) is 5.71. The van der Waals surface area contributed by atoms with E-state index in [0.717, 1.165) is 42.5 Å². The lowest BCUT2D eigenvalue weighted by Crippen LogP contribution is -2.49. The number of aryl methyl sites for hydroxylation is 2. The predicted octanol–water partition coefficient (Wildman–Crippen LogP) is 5.80. The topological polar surface area (TPSA) is 172 Å². The van der Waals surface area contributed by atoms with E-state index in [1.165, 1.54) is 24.3 Å². The van der Waals surface area contributed by atoms with Crippen molar-refractivity contribution in [1.29, 1.82) is 0 Å². The first-order chi connectivity index (χ1) is 30.5. The average Bonchev–Trinajstić information content (AvgIpc) is 3.64. The number of carbonyl (C=O) groups is 3. The number of nitrogens with one attached hydrogen (secondary N) is 3. The third-order valence-electron chi connectivity index (χ3n) is 11.0. The molecule has 5 aromatic rings. The van der Waals surface area contributed by atoms with E-state index in [4.69, 9.17) is 29.5 Å². The molecule has 3 N–H and O–H groups in total. The number of amides is 2. The predicted molar refractivity (Wildman–Crippen MR) is 244 cm³/mol. The van der Waals surface area contributed by atoms with Crippen molar-refractivity contribution in [2.45, 2.75) is 52.4 Å². The molecule has 2 aliphatic heterocycles. The van der Waals surface area contributed by atoms with Gasteiger partial charge in [-0.15, -0.1) is 0 Å². The molecule has 3 aromatic carbocycles. The van der Waals surface area contributed by atoms with Gasteiger partial charge in [0.2, 0.25) is 23.8 Å². The number of imidazole rings is 1. The Morgan fingerprint density at radius 3 is 2.25 bits per heavy atom. The third-order valence-corrected chi connectivity index (χ3v) is 11.6. The number of hydroxylamine groups is 1. The van der Waals surface area contributed by atoms with Gasteiger partial charge in [0.05, 0.1) is 54.3 Å². The molecule has 334 valence electrons. The van der Waals surface area contributed by atoms with Gasteiger partial charge in [0.25, 0.3) is 5.91 Å². The van der Waals surface area contributed by atoms with Crippen LogP contribution in [0, 0.1) is 29.1 Å². The van der Waals surface area contributed by atoms with Gasteiger partial charge in [0.15, 0.2) is 0 Å². The van der Waals surface area contributed by atoms with Crippen LogP contribution in [0.25, 0.3) is 17.0 Å². The standard InChI is InChI=1S/C44H52F2IN11O5/c1-29-13-15-33(40(39(29)46)50-35-16-14-31(47)27-34(35)45)41(61)54-63-24-17-48-28-32(59)9-5-3-4-6-12-38(60)55-18-20-56(21-19-55)42-51-43(57-22-25-62-26-23-57)53-44(52-42)58-30(2)49-36-10-7-8-11-37(36)58/h7-8,10-11,13-16,27,48,50H,3-6,9,12,17-26,28H2,1-2H3,(H,54,61). The van der Waals surface area contributed by atoms with Crippen LogP contribution in [-0.4, -0.2) is 119 Å². The zero-order chi connectivity index (χ0) is 44.3. The van der Waals surface area contributed by atoms with Gasteiger partial charge in [-0.1, -0.05) is 31.0 Å². The number of nitrogens with zero attached hydrogens (tertiary/aromatic N) is 8. The number of rotatable bonds is 19. The van der Waals surface area contributed by atoms with Gasteiger partial charge < -0.3 is 30.1 Å². The van der Waals surface area contributed by atoms with Crippen molar-refractivity contribution in [3.05, 3.63) is 86.8 Å². The maximum atomic E-state index is 15.0. The Hall–Kier alpha value is -5.38. The Labute approximate surface area is 378 Å². The molecule has 2 saturated heterocycles. The fourth-order valence-corrected chi connectivity index (χ4v) is 7.94. The van der Waals surface area contributed by atoms with Crippen molar-refractivity contribution >= 4 is 74.5 Å². The van der Waals surface area contributed by atoms with Crippen LogP contribution in [0.4, 0.5) is 32.1 Å². The highest BCUT2D eigenvalue weighted by Crippen LogP contribution is 2.29. The van der Waals surface area contributed by atoms with Crippen LogP contribution in [0.3, 0.4) is 0 Å². The minimum Gasteiger partial charge on any atom is -0.378 e. The molecule has 7 rings (SSSR count). The highest BCUT2D eigenvalue weighted by molar-refractivity contribution is 14.1. The largest absolute Gasteiger partial charge is 0.378 e. The number of hydrogen-bond donors (Lipinski definition) is 3. The van der Waals surface area contributed by atoms with E-state index in [0.29, 0.717) is 93.3 Å². The lowest BCUT2D eigenvalue weighted by atomic mass is 10.1. The lowest BCUT2D eigenvalue weighted by Gasteiger charge is -2.35. The fraction of sp³-hybridized carbons (Fsp3) is 0.432. The van der Waals surface area contributed by atoms with Crippen LogP contribution < -0.4 is 25.9 Å². The van der Waals surface area contributed by atoms with E-state index >= 15 is 4.39 Å². The Balaban J connectivity index is 0.778. The number of para-hydroxylation sites is 2. The summed E-state index contributed by atoms with van der Waals surface area (Å²) in [5.74, 6) is 0.685. The Morgan fingerprint density at radius 2 is 1.51 bits per heavy atom. The first-order valence-electron chi connectivity index (χ1n) is 21.3. The van der Waals surface area contributed by atoms with Gasteiger partial charge in [-0.05, 0) is 91.2 Å². The average molecular weight is 980 g/mol. The van der Waals surface area contributed by atoms with Gasteiger partial charge in [-0.3, -0.25) is 23.8 Å². The third kappa shape index (κ3) is 11.8. The molecule has 0 saturated carbocycles. The Kier molecular flexibility index (Phi) is 15.8. The molecule has 4 heterocycles. The molecule has 0 bridgehead atoms. The second kappa shape index (κ2) is 21.8. The molecular formula is C44H52F2IN11O5. The molecule has 2 aliphatic rings. The van der Waals surface area contributed by atoms with Crippen LogP contribution >= 0.6 is 22.6 Å². The number of Topliss-reactive ketones (excluding diaryl/α,β-unsaturated/α-hetero) is 1. The number of piperazine rings is 1. The molecule has 0 unspecified atom stereocenters. The fourth-order valence-electron chi connectivity index (χ4n) is 7.48. The molecule has 19 heteroatoms. The maximum absolute atomic E-state index is 15.0. The van der Waals surface area contributed by atoms with Crippen molar-refractivity contribution in [3.8, 4) is 5.95 Å². The van der Waals surface area contributed by atoms with Gasteiger partial charge in [-0.25, -0.2) is 19.2 Å². The maximum Gasteiger partial charge on any atom is 0.277 e. The van der Waals surface area contributed by atoms with Crippen molar-refractivity contribution in [2.75, 3.05) is 87.3 Å². The number of hydrogen-bond acceptors (Lipinski definition) is 13. The summed E-state index contributed by atoms with van der Waals surface area (Å²) in [6.07, 6.45) is 4.04. The molecule has 2 aromatic heterocycles. The number of unbranched alkanes of at least 4 members (excludes halogenated alkanes) is 3. The smallest absolute Gasteiger partial charge is 0.277 e. The summed E-state index contributed by atoms with van der Waals surface area (Å²) in [6.45, 7) is 8.92. The minimum absolute atomic E-state index is 0.0306. The highest BCUT2D eigenvalue weighted by Gasteiger charge is 2.26. The molecular weight excluding hydrogens is 927 g/mol. The summed E-state index contributed by atoms with van der Waals surface area (Å²) in [5.41, 5.74) is 4.18. The van der Waals surface area contributed by atoms with Crippen LogP contribution in [0.2, 0.25) is 0 Å². The first-order valence-corrected chi connectivity index (χ1v) is 22.3. The molecule has 0 radical (unpaired) electrons. The van der Waals surface area contributed by atoms with E-state index in [2.05, 4.69) is 25.9 Å². The number of anilines is 4. The highest BCUT2D eigenvalue weighted by atomic mass is 127. The molecule has 0 atom stereocenters. The van der Waals surface area contributed by atoms with Crippen molar-refractivity contribution in [3.63, 3.8) is 0 Å². The van der Waals surface area contributed by atoms with Crippen LogP contribution in [-0.2, 0) is 19.2 Å². The zero-order valence-electron chi connectivity index (χ0n) is 35.5. The number of fused-ring (bicyclic) bond motifs is 1. The molecule has 16 nitrogen and oxygen atoms in total. The second-order valence-electron chi connectivity index (χ2n) is 15.5. The monoisotopic (exact) mass is 979 g/mol.